The molecule has 0 unspecified atom stereocenters. The van der Waals surface area contributed by atoms with Crippen LogP contribution in [0.4, 0.5) is 0 Å². The lowest BCUT2D eigenvalue weighted by molar-refractivity contribution is 0.0729. The summed E-state index contributed by atoms with van der Waals surface area (Å²) in [6, 6.07) is 19.3. The Morgan fingerprint density at radius 3 is 2.39 bits per heavy atom. The Bertz CT molecular complexity index is 1210. The summed E-state index contributed by atoms with van der Waals surface area (Å²) in [5, 5.41) is 3.79. The summed E-state index contributed by atoms with van der Waals surface area (Å²) in [6.07, 6.45) is 2.22. The van der Waals surface area contributed by atoms with Gasteiger partial charge in [0, 0.05) is 0 Å². The number of esters is 1. The van der Waals surface area contributed by atoms with Crippen LogP contribution in [0.2, 0.25) is 0 Å². The molecule has 0 fully saturated rings. The lowest BCUT2D eigenvalue weighted by atomic mass is 10.2. The van der Waals surface area contributed by atoms with Crippen LogP contribution in [-0.2, 0) is 10.0 Å². The van der Waals surface area contributed by atoms with Crippen molar-refractivity contribution in [1.82, 2.24) is 4.83 Å². The maximum atomic E-state index is 12.5. The van der Waals surface area contributed by atoms with Gasteiger partial charge in [0.15, 0.2) is 11.5 Å². The number of nitrogens with one attached hydrogen (secondary N) is 1. The third-order valence-electron chi connectivity index (χ3n) is 4.39. The number of rotatable bonds is 10. The zero-order valence-corrected chi connectivity index (χ0v) is 19.0. The number of carbonyl (C=O) groups is 1. The van der Waals surface area contributed by atoms with Crippen molar-refractivity contribution in [2.75, 3.05) is 13.7 Å². The van der Waals surface area contributed by atoms with Gasteiger partial charge in [-0.1, -0.05) is 25.1 Å². The van der Waals surface area contributed by atoms with E-state index in [0.717, 1.165) is 6.42 Å². The van der Waals surface area contributed by atoms with Crippen LogP contribution in [0.1, 0.15) is 29.3 Å². The largest absolute Gasteiger partial charge is 0.494 e. The fraction of sp³-hybridized carbons (Fsp3) is 0.167. The quantitative estimate of drug-likeness (QED) is 0.209. The molecule has 0 spiro atoms. The van der Waals surface area contributed by atoms with Gasteiger partial charge >= 0.3 is 5.97 Å². The van der Waals surface area contributed by atoms with Crippen LogP contribution >= 0.6 is 0 Å². The Morgan fingerprint density at radius 1 is 1.00 bits per heavy atom. The van der Waals surface area contributed by atoms with Gasteiger partial charge in [-0.15, -0.1) is 0 Å². The molecule has 9 heteroatoms. The third kappa shape index (κ3) is 6.56. The van der Waals surface area contributed by atoms with Crippen molar-refractivity contribution >= 4 is 22.2 Å². The van der Waals surface area contributed by atoms with Crippen LogP contribution in [0, 0.1) is 0 Å². The van der Waals surface area contributed by atoms with E-state index in [1.807, 2.05) is 6.92 Å². The molecule has 0 heterocycles. The summed E-state index contributed by atoms with van der Waals surface area (Å²) in [4.78, 5) is 14.7. The summed E-state index contributed by atoms with van der Waals surface area (Å²) in [5.41, 5.74) is 0.904. The fourth-order valence-electron chi connectivity index (χ4n) is 2.74. The second-order valence-corrected chi connectivity index (χ2v) is 8.50. The van der Waals surface area contributed by atoms with Crippen LogP contribution in [0.25, 0.3) is 0 Å². The van der Waals surface area contributed by atoms with E-state index in [9.17, 15) is 13.2 Å². The minimum absolute atomic E-state index is 0.104. The Morgan fingerprint density at radius 2 is 1.73 bits per heavy atom. The number of nitrogens with zero attached hydrogens (tertiary/aromatic N) is 1. The van der Waals surface area contributed by atoms with E-state index in [-0.39, 0.29) is 10.6 Å². The molecule has 8 nitrogen and oxygen atoms in total. The topological polar surface area (TPSA) is 103 Å². The first-order valence-electron chi connectivity index (χ1n) is 10.2. The van der Waals surface area contributed by atoms with Gasteiger partial charge < -0.3 is 14.2 Å². The minimum Gasteiger partial charge on any atom is -0.494 e. The first-order valence-corrected chi connectivity index (χ1v) is 11.6. The highest BCUT2D eigenvalue weighted by Crippen LogP contribution is 2.28. The molecular weight excluding hydrogens is 444 g/mol. The third-order valence-corrected chi connectivity index (χ3v) is 5.63. The maximum Gasteiger partial charge on any atom is 0.343 e. The van der Waals surface area contributed by atoms with E-state index in [2.05, 4.69) is 9.93 Å². The normalized spacial score (nSPS) is 11.2. The first kappa shape index (κ1) is 23.8. The van der Waals surface area contributed by atoms with Crippen molar-refractivity contribution in [3.05, 3.63) is 83.9 Å². The summed E-state index contributed by atoms with van der Waals surface area (Å²) in [7, 11) is -2.33. The molecule has 0 saturated carbocycles. The number of methoxy groups -OCH3 is 1. The van der Waals surface area contributed by atoms with Gasteiger partial charge in [0.05, 0.1) is 30.4 Å². The Kier molecular flexibility index (Phi) is 8.04. The maximum absolute atomic E-state index is 12.5. The van der Waals surface area contributed by atoms with Crippen molar-refractivity contribution in [1.29, 1.82) is 0 Å². The van der Waals surface area contributed by atoms with Crippen molar-refractivity contribution in [3.8, 4) is 17.2 Å². The van der Waals surface area contributed by atoms with E-state index < -0.39 is 16.0 Å². The van der Waals surface area contributed by atoms with Gasteiger partial charge in [0.25, 0.3) is 10.0 Å². The molecule has 0 bridgehead atoms. The van der Waals surface area contributed by atoms with E-state index in [0.29, 0.717) is 29.2 Å². The predicted molar refractivity (Wildman–Crippen MR) is 125 cm³/mol. The lowest BCUT2D eigenvalue weighted by Crippen LogP contribution is -2.18. The van der Waals surface area contributed by atoms with Crippen molar-refractivity contribution in [2.45, 2.75) is 18.2 Å². The number of hydrazone groups is 1. The Labute approximate surface area is 192 Å². The number of benzene rings is 3. The molecule has 3 rings (SSSR count). The fourth-order valence-corrected chi connectivity index (χ4v) is 3.55. The lowest BCUT2D eigenvalue weighted by Gasteiger charge is -2.10. The standard InChI is InChI=1S/C24H24N2O6S/c1-3-15-31-20-12-10-19(11-13-20)24(27)32-22-14-9-18(16-23(22)30-2)17-25-26-33(28,29)21-7-5-4-6-8-21/h4-14,16-17,26H,3,15H2,1-2H3/b25-17-. The summed E-state index contributed by atoms with van der Waals surface area (Å²) in [5.74, 6) is 0.641. The summed E-state index contributed by atoms with van der Waals surface area (Å²) in [6.45, 7) is 2.61. The van der Waals surface area contributed by atoms with Crippen LogP contribution in [0.3, 0.4) is 0 Å². The molecule has 0 atom stereocenters. The van der Waals surface area contributed by atoms with Crippen LogP contribution in [-0.4, -0.2) is 34.3 Å². The van der Waals surface area contributed by atoms with E-state index in [1.54, 1.807) is 60.7 Å². The molecule has 33 heavy (non-hydrogen) atoms. The smallest absolute Gasteiger partial charge is 0.343 e. The summed E-state index contributed by atoms with van der Waals surface area (Å²) < 4.78 is 40.7. The molecule has 0 saturated heterocycles. The highest BCUT2D eigenvalue weighted by atomic mass is 32.2. The van der Waals surface area contributed by atoms with E-state index in [1.165, 1.54) is 25.5 Å². The van der Waals surface area contributed by atoms with Gasteiger partial charge in [-0.2, -0.15) is 13.5 Å². The molecule has 0 aliphatic carbocycles. The van der Waals surface area contributed by atoms with Crippen molar-refractivity contribution in [3.63, 3.8) is 0 Å². The zero-order valence-electron chi connectivity index (χ0n) is 18.2. The molecule has 172 valence electrons. The molecule has 0 aliphatic heterocycles. The second kappa shape index (κ2) is 11.1. The predicted octanol–water partition coefficient (Wildman–Crippen LogP) is 4.02. The van der Waals surface area contributed by atoms with Crippen molar-refractivity contribution in [2.24, 2.45) is 5.10 Å². The highest BCUT2D eigenvalue weighted by Gasteiger charge is 2.14. The van der Waals surface area contributed by atoms with Gasteiger partial charge in [0.1, 0.15) is 5.75 Å². The van der Waals surface area contributed by atoms with Gasteiger partial charge in [-0.05, 0) is 66.6 Å². The molecule has 0 radical (unpaired) electrons. The van der Waals surface area contributed by atoms with Crippen LogP contribution < -0.4 is 19.0 Å². The molecular formula is C24H24N2O6S. The van der Waals surface area contributed by atoms with Crippen LogP contribution in [0.5, 0.6) is 17.2 Å². The molecule has 1 N–H and O–H groups in total. The highest BCUT2D eigenvalue weighted by molar-refractivity contribution is 7.89. The molecule has 0 aliphatic rings. The first-order chi connectivity index (χ1) is 15.9. The van der Waals surface area contributed by atoms with Gasteiger partial charge in [-0.3, -0.25) is 0 Å². The average molecular weight is 469 g/mol. The number of carbonyl (C=O) groups excluding carboxylic acids is 1. The Balaban J connectivity index is 1.67. The monoisotopic (exact) mass is 468 g/mol. The number of sulfonamides is 1. The number of ether oxygens (including phenoxy) is 3. The number of hydrogen-bond donors (Lipinski definition) is 1. The SMILES string of the molecule is CCCOc1ccc(C(=O)Oc2ccc(/C=N\NS(=O)(=O)c3ccccc3)cc2OC)cc1. The minimum atomic E-state index is -3.77. The van der Waals surface area contributed by atoms with Gasteiger partial charge in [-0.25, -0.2) is 9.63 Å². The van der Waals surface area contributed by atoms with Crippen molar-refractivity contribution < 1.29 is 27.4 Å². The average Bonchev–Trinajstić information content (AvgIpc) is 2.84. The van der Waals surface area contributed by atoms with Gasteiger partial charge in [0.2, 0.25) is 0 Å². The molecule has 0 aromatic heterocycles. The number of hydrogen-bond acceptors (Lipinski definition) is 7. The zero-order chi connectivity index (χ0) is 23.7. The molecule has 3 aromatic rings. The Hall–Kier alpha value is -3.85. The summed E-state index contributed by atoms with van der Waals surface area (Å²) >= 11 is 0. The van der Waals surface area contributed by atoms with E-state index >= 15 is 0 Å². The second-order valence-electron chi connectivity index (χ2n) is 6.84. The van der Waals surface area contributed by atoms with Crippen LogP contribution in [0.15, 0.2) is 82.8 Å². The molecule has 0 amide bonds. The van der Waals surface area contributed by atoms with E-state index in [4.69, 9.17) is 14.2 Å². The molecule has 3 aromatic carbocycles.